The highest BCUT2D eigenvalue weighted by Gasteiger charge is 2.20. The number of hydrogen-bond acceptors (Lipinski definition) is 2. The first-order valence-electron chi connectivity index (χ1n) is 9.46. The van der Waals surface area contributed by atoms with Crippen LogP contribution in [0.4, 0.5) is 0 Å². The molecule has 0 aromatic carbocycles. The van der Waals surface area contributed by atoms with E-state index in [2.05, 4.69) is 11.8 Å². The molecule has 0 aromatic heterocycles. The van der Waals surface area contributed by atoms with E-state index in [0.717, 1.165) is 11.8 Å². The van der Waals surface area contributed by atoms with Gasteiger partial charge in [0.15, 0.2) is 0 Å². The van der Waals surface area contributed by atoms with Crippen molar-refractivity contribution in [3.8, 4) is 11.8 Å². The van der Waals surface area contributed by atoms with Crippen LogP contribution in [0.25, 0.3) is 0 Å². The van der Waals surface area contributed by atoms with Gasteiger partial charge in [-0.05, 0) is 44.4 Å². The summed E-state index contributed by atoms with van der Waals surface area (Å²) in [5.74, 6) is 7.74. The summed E-state index contributed by atoms with van der Waals surface area (Å²) in [6, 6.07) is 0. The Hall–Kier alpha value is -0.970. The van der Waals surface area contributed by atoms with Gasteiger partial charge in [-0.3, -0.25) is 0 Å². The van der Waals surface area contributed by atoms with Gasteiger partial charge >= 0.3 is 5.97 Å². The van der Waals surface area contributed by atoms with E-state index in [9.17, 15) is 4.79 Å². The molecule has 0 unspecified atom stereocenters. The summed E-state index contributed by atoms with van der Waals surface area (Å²) in [7, 11) is 0. The highest BCUT2D eigenvalue weighted by Crippen LogP contribution is 2.33. The fraction of sp³-hybridized carbons (Fsp3) is 0.850. The molecular weight excluding hydrogens is 272 g/mol. The highest BCUT2D eigenvalue weighted by atomic mass is 16.5. The minimum atomic E-state index is -0.364. The van der Waals surface area contributed by atoms with Crippen molar-refractivity contribution in [3.05, 3.63) is 0 Å². The van der Waals surface area contributed by atoms with Crippen LogP contribution in [-0.2, 0) is 9.53 Å². The monoisotopic (exact) mass is 304 g/mol. The van der Waals surface area contributed by atoms with E-state index in [0.29, 0.717) is 12.5 Å². The van der Waals surface area contributed by atoms with Crippen molar-refractivity contribution in [2.24, 2.45) is 17.8 Å². The molecule has 2 rings (SSSR count). The highest BCUT2D eigenvalue weighted by molar-refractivity contribution is 5.88. The fourth-order valence-corrected chi connectivity index (χ4v) is 4.09. The van der Waals surface area contributed by atoms with Crippen LogP contribution in [0.2, 0.25) is 0 Å². The molecule has 0 heterocycles. The lowest BCUT2D eigenvalue weighted by Gasteiger charge is -2.27. The maximum absolute atomic E-state index is 11.2. The summed E-state index contributed by atoms with van der Waals surface area (Å²) in [6.45, 7) is 2.24. The molecular formula is C20H32O2. The Bertz CT molecular complexity index is 376. The largest absolute Gasteiger partial charge is 0.456 e. The number of ether oxygens (including phenoxy) is 1. The molecule has 124 valence electrons. The van der Waals surface area contributed by atoms with Gasteiger partial charge in [-0.2, -0.15) is 0 Å². The smallest absolute Gasteiger partial charge is 0.384 e. The molecule has 2 nitrogen and oxygen atoms in total. The third kappa shape index (κ3) is 6.42. The van der Waals surface area contributed by atoms with Gasteiger partial charge < -0.3 is 4.74 Å². The average Bonchev–Trinajstić information content (AvgIpc) is 2.55. The Balaban J connectivity index is 1.57. The molecule has 0 bridgehead atoms. The molecule has 2 aliphatic carbocycles. The van der Waals surface area contributed by atoms with E-state index >= 15 is 0 Å². The van der Waals surface area contributed by atoms with Crippen LogP contribution in [0.5, 0.6) is 0 Å². The van der Waals surface area contributed by atoms with Gasteiger partial charge in [0.25, 0.3) is 0 Å². The van der Waals surface area contributed by atoms with Crippen LogP contribution in [0.3, 0.4) is 0 Å². The molecule has 2 fully saturated rings. The van der Waals surface area contributed by atoms with Crippen molar-refractivity contribution in [1.82, 2.24) is 0 Å². The first-order valence-corrected chi connectivity index (χ1v) is 9.46. The molecule has 0 amide bonds. The number of carbonyl (C=O) groups is 1. The molecule has 22 heavy (non-hydrogen) atoms. The van der Waals surface area contributed by atoms with Crippen molar-refractivity contribution in [2.45, 2.75) is 84.0 Å². The predicted molar refractivity (Wildman–Crippen MR) is 90.3 cm³/mol. The van der Waals surface area contributed by atoms with E-state index in [4.69, 9.17) is 4.74 Å². The van der Waals surface area contributed by atoms with Crippen LogP contribution in [-0.4, -0.2) is 12.6 Å². The maximum Gasteiger partial charge on any atom is 0.384 e. The Labute approximate surface area is 136 Å². The third-order valence-electron chi connectivity index (χ3n) is 5.45. The van der Waals surface area contributed by atoms with E-state index in [1.54, 1.807) is 0 Å². The molecule has 0 spiro atoms. The Morgan fingerprint density at radius 3 is 2.23 bits per heavy atom. The maximum atomic E-state index is 11.2. The molecule has 2 aliphatic rings. The number of esters is 1. The lowest BCUT2D eigenvalue weighted by atomic mass is 9.78. The SMILES string of the molecule is CCOC(=O)C#CC1CCC(CCCC2CCCCC2)CC1. The lowest BCUT2D eigenvalue weighted by molar-refractivity contribution is -0.136. The van der Waals surface area contributed by atoms with Crippen molar-refractivity contribution in [1.29, 1.82) is 0 Å². The van der Waals surface area contributed by atoms with Crippen LogP contribution in [0, 0.1) is 29.6 Å². The first kappa shape index (κ1) is 17.4. The van der Waals surface area contributed by atoms with E-state index < -0.39 is 0 Å². The van der Waals surface area contributed by atoms with Gasteiger partial charge in [0.05, 0.1) is 6.61 Å². The van der Waals surface area contributed by atoms with Crippen molar-refractivity contribution in [2.75, 3.05) is 6.61 Å². The van der Waals surface area contributed by atoms with E-state index in [1.165, 1.54) is 77.0 Å². The van der Waals surface area contributed by atoms with Crippen LogP contribution >= 0.6 is 0 Å². The van der Waals surface area contributed by atoms with Gasteiger partial charge in [-0.15, -0.1) is 0 Å². The minimum absolute atomic E-state index is 0.364. The summed E-state index contributed by atoms with van der Waals surface area (Å²) in [5, 5.41) is 0. The van der Waals surface area contributed by atoms with Crippen molar-refractivity contribution >= 4 is 5.97 Å². The zero-order chi connectivity index (χ0) is 15.6. The summed E-state index contributed by atoms with van der Waals surface area (Å²) in [5.41, 5.74) is 0. The molecule has 0 atom stereocenters. The molecule has 0 radical (unpaired) electrons. The summed E-state index contributed by atoms with van der Waals surface area (Å²) < 4.78 is 4.85. The van der Waals surface area contributed by atoms with Gasteiger partial charge in [-0.25, -0.2) is 4.79 Å². The van der Waals surface area contributed by atoms with Crippen molar-refractivity contribution in [3.63, 3.8) is 0 Å². The number of carbonyl (C=O) groups excluding carboxylic acids is 1. The Kier molecular flexibility index (Phi) is 7.85. The Morgan fingerprint density at radius 2 is 1.59 bits per heavy atom. The quantitative estimate of drug-likeness (QED) is 0.401. The molecule has 0 aromatic rings. The summed E-state index contributed by atoms with van der Waals surface area (Å²) >= 11 is 0. The summed E-state index contributed by atoms with van der Waals surface area (Å²) in [4.78, 5) is 11.2. The van der Waals surface area contributed by atoms with Crippen LogP contribution in [0.15, 0.2) is 0 Å². The Morgan fingerprint density at radius 1 is 0.955 bits per heavy atom. The number of rotatable bonds is 5. The molecule has 0 N–H and O–H groups in total. The standard InChI is InChI=1S/C20H32O2/c1-2-22-20(21)16-15-19-13-11-18(12-14-19)10-6-9-17-7-4-3-5-8-17/h17-19H,2-14H2,1H3. The number of hydrogen-bond donors (Lipinski definition) is 0. The van der Waals surface area contributed by atoms with Gasteiger partial charge in [0, 0.05) is 11.8 Å². The van der Waals surface area contributed by atoms with Gasteiger partial charge in [-0.1, -0.05) is 57.3 Å². The molecule has 0 aliphatic heterocycles. The van der Waals surface area contributed by atoms with Gasteiger partial charge in [0.2, 0.25) is 0 Å². The first-order chi connectivity index (χ1) is 10.8. The van der Waals surface area contributed by atoms with Crippen LogP contribution < -0.4 is 0 Å². The summed E-state index contributed by atoms with van der Waals surface area (Å²) in [6.07, 6.45) is 16.6. The average molecular weight is 304 g/mol. The molecule has 0 saturated heterocycles. The fourth-order valence-electron chi connectivity index (χ4n) is 4.09. The topological polar surface area (TPSA) is 26.3 Å². The second-order valence-electron chi connectivity index (χ2n) is 7.14. The van der Waals surface area contributed by atoms with Crippen LogP contribution in [0.1, 0.15) is 84.0 Å². The second kappa shape index (κ2) is 9.93. The zero-order valence-corrected chi connectivity index (χ0v) is 14.2. The zero-order valence-electron chi connectivity index (χ0n) is 14.2. The predicted octanol–water partition coefficient (Wildman–Crippen LogP) is 5.11. The molecule has 2 saturated carbocycles. The minimum Gasteiger partial charge on any atom is -0.456 e. The second-order valence-corrected chi connectivity index (χ2v) is 7.14. The molecule has 2 heteroatoms. The lowest BCUT2D eigenvalue weighted by Crippen LogP contribution is -2.14. The van der Waals surface area contributed by atoms with Crippen molar-refractivity contribution < 1.29 is 9.53 Å². The van der Waals surface area contributed by atoms with E-state index in [1.807, 2.05) is 6.92 Å². The van der Waals surface area contributed by atoms with E-state index in [-0.39, 0.29) is 5.97 Å². The normalized spacial score (nSPS) is 26.0. The van der Waals surface area contributed by atoms with Gasteiger partial charge in [0.1, 0.15) is 0 Å². The third-order valence-corrected chi connectivity index (χ3v) is 5.45.